The first kappa shape index (κ1) is 16.1. The third kappa shape index (κ3) is 3.32. The third-order valence-electron chi connectivity index (χ3n) is 3.62. The average Bonchev–Trinajstić information content (AvgIpc) is 2.38. The maximum atomic E-state index is 12.7. The quantitative estimate of drug-likeness (QED) is 0.898. The lowest BCUT2D eigenvalue weighted by atomic mass is 9.90. The van der Waals surface area contributed by atoms with Crippen LogP contribution in [0.2, 0.25) is 0 Å². The van der Waals surface area contributed by atoms with E-state index in [0.717, 1.165) is 19.2 Å². The van der Waals surface area contributed by atoms with Crippen molar-refractivity contribution in [3.8, 4) is 0 Å². The number of halogens is 3. The summed E-state index contributed by atoms with van der Waals surface area (Å²) in [7, 11) is -5.36. The van der Waals surface area contributed by atoms with E-state index in [1.165, 1.54) is 18.2 Å². The van der Waals surface area contributed by atoms with Gasteiger partial charge in [0.05, 0.1) is 10.6 Å². The molecule has 1 aliphatic rings. The number of alkyl halides is 3. The molecule has 0 spiro atoms. The molecule has 1 fully saturated rings. The van der Waals surface area contributed by atoms with Gasteiger partial charge in [0.25, 0.3) is 9.84 Å². The summed E-state index contributed by atoms with van der Waals surface area (Å²) >= 11 is 0. The van der Waals surface area contributed by atoms with E-state index in [-0.39, 0.29) is 5.69 Å². The van der Waals surface area contributed by atoms with Crippen LogP contribution in [-0.4, -0.2) is 32.6 Å². The van der Waals surface area contributed by atoms with Gasteiger partial charge in [-0.25, -0.2) is 8.42 Å². The Morgan fingerprint density at radius 1 is 1.19 bits per heavy atom. The highest BCUT2D eigenvalue weighted by Gasteiger charge is 2.48. The van der Waals surface area contributed by atoms with Crippen LogP contribution in [0.25, 0.3) is 0 Å². The molecule has 1 aliphatic heterocycles. The molecular weight excluding hydrogens is 305 g/mol. The van der Waals surface area contributed by atoms with Gasteiger partial charge in [0.1, 0.15) is 0 Å². The Kier molecular flexibility index (Phi) is 4.21. The Labute approximate surface area is 121 Å². The summed E-state index contributed by atoms with van der Waals surface area (Å²) in [4.78, 5) is -0.725. The molecule has 1 saturated heterocycles. The van der Waals surface area contributed by atoms with Crippen molar-refractivity contribution in [3.05, 3.63) is 24.3 Å². The minimum atomic E-state index is -5.36. The summed E-state index contributed by atoms with van der Waals surface area (Å²) in [6, 6.07) is 5.15. The number of nitrogens with one attached hydrogen (secondary N) is 2. The Hall–Kier alpha value is -1.28. The molecule has 0 aromatic heterocycles. The van der Waals surface area contributed by atoms with Gasteiger partial charge in [-0.15, -0.1) is 0 Å². The van der Waals surface area contributed by atoms with Crippen LogP contribution in [0.5, 0.6) is 0 Å². The fraction of sp³-hybridized carbons (Fsp3) is 0.538. The Balaban J connectivity index is 2.38. The summed E-state index contributed by atoms with van der Waals surface area (Å²) in [5.41, 5.74) is -5.73. The van der Waals surface area contributed by atoms with Gasteiger partial charge in [-0.05, 0) is 45.0 Å². The molecule has 0 atom stereocenters. The Morgan fingerprint density at radius 2 is 1.76 bits per heavy atom. The predicted molar refractivity (Wildman–Crippen MR) is 73.8 cm³/mol. The molecule has 8 heteroatoms. The molecule has 0 saturated carbocycles. The van der Waals surface area contributed by atoms with Crippen LogP contribution >= 0.6 is 0 Å². The van der Waals surface area contributed by atoms with E-state index in [9.17, 15) is 21.6 Å². The van der Waals surface area contributed by atoms with E-state index in [1.807, 2.05) is 6.92 Å². The van der Waals surface area contributed by atoms with E-state index in [4.69, 9.17) is 0 Å². The van der Waals surface area contributed by atoms with Crippen LogP contribution in [0, 0.1) is 0 Å². The Morgan fingerprint density at radius 3 is 2.33 bits per heavy atom. The number of hydrogen-bond acceptors (Lipinski definition) is 4. The lowest BCUT2D eigenvalue weighted by Gasteiger charge is -2.36. The highest BCUT2D eigenvalue weighted by molar-refractivity contribution is 7.92. The minimum Gasteiger partial charge on any atom is -0.379 e. The molecule has 0 unspecified atom stereocenters. The van der Waals surface area contributed by atoms with Crippen LogP contribution in [-0.2, 0) is 9.84 Å². The predicted octanol–water partition coefficient (Wildman–Crippen LogP) is 2.53. The van der Waals surface area contributed by atoms with Gasteiger partial charge in [-0.2, -0.15) is 13.2 Å². The molecule has 1 heterocycles. The molecule has 21 heavy (non-hydrogen) atoms. The zero-order valence-electron chi connectivity index (χ0n) is 11.5. The van der Waals surface area contributed by atoms with Gasteiger partial charge in [-0.1, -0.05) is 12.1 Å². The van der Waals surface area contributed by atoms with E-state index < -0.39 is 25.8 Å². The van der Waals surface area contributed by atoms with Crippen molar-refractivity contribution in [1.82, 2.24) is 5.32 Å². The number of para-hydroxylation sites is 1. The van der Waals surface area contributed by atoms with Crippen molar-refractivity contribution in [2.45, 2.75) is 35.7 Å². The molecule has 1 aromatic carbocycles. The smallest absolute Gasteiger partial charge is 0.379 e. The number of anilines is 1. The summed E-state index contributed by atoms with van der Waals surface area (Å²) in [5.74, 6) is 0. The van der Waals surface area contributed by atoms with Crippen molar-refractivity contribution in [3.63, 3.8) is 0 Å². The number of hydrogen-bond donors (Lipinski definition) is 2. The molecule has 2 N–H and O–H groups in total. The van der Waals surface area contributed by atoms with E-state index >= 15 is 0 Å². The third-order valence-corrected chi connectivity index (χ3v) is 5.17. The van der Waals surface area contributed by atoms with Crippen LogP contribution in [0.1, 0.15) is 19.8 Å². The standard InChI is InChI=1S/C13H17F3N2O2S/c1-12(6-8-17-9-7-12)18-10-4-2-3-5-11(10)21(19,20)13(14,15)16/h2-5,17-18H,6-9H2,1H3. The largest absolute Gasteiger partial charge is 0.501 e. The normalized spacial score (nSPS) is 19.2. The van der Waals surface area contributed by atoms with Gasteiger partial charge in [0.15, 0.2) is 0 Å². The molecule has 0 amide bonds. The van der Waals surface area contributed by atoms with Crippen molar-refractivity contribution < 1.29 is 21.6 Å². The van der Waals surface area contributed by atoms with Gasteiger partial charge < -0.3 is 10.6 Å². The van der Waals surface area contributed by atoms with Crippen LogP contribution < -0.4 is 10.6 Å². The van der Waals surface area contributed by atoms with Crippen LogP contribution in [0.4, 0.5) is 18.9 Å². The highest BCUT2D eigenvalue weighted by atomic mass is 32.2. The second-order valence-electron chi connectivity index (χ2n) is 5.38. The molecule has 2 rings (SSSR count). The number of piperidine rings is 1. The summed E-state index contributed by atoms with van der Waals surface area (Å²) < 4.78 is 61.5. The average molecular weight is 322 g/mol. The fourth-order valence-electron chi connectivity index (χ4n) is 2.36. The number of sulfone groups is 1. The topological polar surface area (TPSA) is 58.2 Å². The summed E-state index contributed by atoms with van der Waals surface area (Å²) in [5, 5.41) is 6.14. The zero-order valence-corrected chi connectivity index (χ0v) is 12.3. The number of rotatable bonds is 3. The first-order valence-corrected chi connectivity index (χ1v) is 8.03. The van der Waals surface area contributed by atoms with E-state index in [0.29, 0.717) is 12.8 Å². The molecule has 0 bridgehead atoms. The van der Waals surface area contributed by atoms with Gasteiger partial charge >= 0.3 is 5.51 Å². The van der Waals surface area contributed by atoms with Crippen molar-refractivity contribution in [2.24, 2.45) is 0 Å². The molecule has 4 nitrogen and oxygen atoms in total. The number of benzene rings is 1. The summed E-state index contributed by atoms with van der Waals surface area (Å²) in [6.07, 6.45) is 1.40. The first-order chi connectivity index (χ1) is 9.66. The van der Waals surface area contributed by atoms with Crippen LogP contribution in [0.3, 0.4) is 0 Å². The lowest BCUT2D eigenvalue weighted by molar-refractivity contribution is -0.0435. The van der Waals surface area contributed by atoms with Gasteiger partial charge in [0.2, 0.25) is 0 Å². The second kappa shape index (κ2) is 5.49. The molecule has 118 valence electrons. The summed E-state index contributed by atoms with van der Waals surface area (Å²) in [6.45, 7) is 3.35. The fourth-order valence-corrected chi connectivity index (χ4v) is 3.27. The zero-order chi connectivity index (χ0) is 15.7. The van der Waals surface area contributed by atoms with Gasteiger partial charge in [-0.3, -0.25) is 0 Å². The maximum absolute atomic E-state index is 12.7. The monoisotopic (exact) mass is 322 g/mol. The Bertz CT molecular complexity index is 608. The van der Waals surface area contributed by atoms with Crippen molar-refractivity contribution in [2.75, 3.05) is 18.4 Å². The van der Waals surface area contributed by atoms with Crippen LogP contribution in [0.15, 0.2) is 29.2 Å². The molecule has 1 aromatic rings. The minimum absolute atomic E-state index is 0.000718. The molecule has 0 aliphatic carbocycles. The van der Waals surface area contributed by atoms with Gasteiger partial charge in [0, 0.05) is 5.54 Å². The van der Waals surface area contributed by atoms with Crippen molar-refractivity contribution >= 4 is 15.5 Å². The van der Waals surface area contributed by atoms with E-state index in [2.05, 4.69) is 10.6 Å². The highest BCUT2D eigenvalue weighted by Crippen LogP contribution is 2.36. The molecular formula is C13H17F3N2O2S. The maximum Gasteiger partial charge on any atom is 0.501 e. The molecule has 0 radical (unpaired) electrons. The van der Waals surface area contributed by atoms with Crippen molar-refractivity contribution in [1.29, 1.82) is 0 Å². The van der Waals surface area contributed by atoms with E-state index in [1.54, 1.807) is 0 Å². The second-order valence-corrected chi connectivity index (χ2v) is 7.29. The lowest BCUT2D eigenvalue weighted by Crippen LogP contribution is -2.45. The first-order valence-electron chi connectivity index (χ1n) is 6.55. The SMILES string of the molecule is CC1(Nc2ccccc2S(=O)(=O)C(F)(F)F)CCNCC1.